The smallest absolute Gasteiger partial charge is 0.231 e. The largest absolute Gasteiger partial charge is 0.454 e. The molecule has 1 aliphatic rings. The van der Waals surface area contributed by atoms with Gasteiger partial charge in [0, 0.05) is 11.1 Å². The number of ether oxygens (including phenoxy) is 2. The lowest BCUT2D eigenvalue weighted by molar-refractivity contribution is 0.103. The summed E-state index contributed by atoms with van der Waals surface area (Å²) in [6.07, 6.45) is 0. The minimum absolute atomic E-state index is 0.0377. The van der Waals surface area contributed by atoms with E-state index in [4.69, 9.17) is 9.47 Å². The summed E-state index contributed by atoms with van der Waals surface area (Å²) in [5.74, 6) is 1.53. The topological polar surface area (TPSA) is 35.5 Å². The Morgan fingerprint density at radius 2 is 1.62 bits per heavy atom. The second-order valence-corrected chi connectivity index (χ2v) is 5.79. The number of aryl methyl sites for hydroxylation is 1. The molecule has 3 heteroatoms. The summed E-state index contributed by atoms with van der Waals surface area (Å²) in [5, 5.41) is 0. The van der Waals surface area contributed by atoms with Crippen LogP contribution in [0.4, 0.5) is 0 Å². The van der Waals surface area contributed by atoms with Crippen LogP contribution >= 0.6 is 0 Å². The van der Waals surface area contributed by atoms with E-state index in [9.17, 15) is 4.79 Å². The van der Waals surface area contributed by atoms with Gasteiger partial charge in [0.05, 0.1) is 0 Å². The van der Waals surface area contributed by atoms with E-state index in [1.54, 1.807) is 0 Å². The maximum atomic E-state index is 12.8. The van der Waals surface area contributed by atoms with Crippen molar-refractivity contribution < 1.29 is 14.3 Å². The van der Waals surface area contributed by atoms with E-state index in [1.165, 1.54) is 0 Å². The van der Waals surface area contributed by atoms with Gasteiger partial charge in [0.2, 0.25) is 6.79 Å². The Labute approximate surface area is 140 Å². The highest BCUT2D eigenvalue weighted by Gasteiger charge is 2.15. The van der Waals surface area contributed by atoms with E-state index in [0.717, 1.165) is 33.8 Å². The fraction of sp³-hybridized carbons (Fsp3) is 0.0952. The van der Waals surface area contributed by atoms with Gasteiger partial charge in [0.15, 0.2) is 17.3 Å². The lowest BCUT2D eigenvalue weighted by atomic mass is 9.96. The van der Waals surface area contributed by atoms with Crippen molar-refractivity contribution in [1.82, 2.24) is 0 Å². The first-order valence-corrected chi connectivity index (χ1v) is 7.83. The molecule has 0 atom stereocenters. The van der Waals surface area contributed by atoms with Gasteiger partial charge < -0.3 is 9.47 Å². The first-order valence-electron chi connectivity index (χ1n) is 7.83. The van der Waals surface area contributed by atoms with Crippen LogP contribution in [0.15, 0.2) is 66.7 Å². The molecule has 0 spiro atoms. The van der Waals surface area contributed by atoms with E-state index in [1.807, 2.05) is 73.7 Å². The third kappa shape index (κ3) is 2.54. The van der Waals surface area contributed by atoms with Crippen LogP contribution in [0, 0.1) is 6.92 Å². The number of hydrogen-bond donors (Lipinski definition) is 0. The maximum absolute atomic E-state index is 12.8. The summed E-state index contributed by atoms with van der Waals surface area (Å²) in [7, 11) is 0. The summed E-state index contributed by atoms with van der Waals surface area (Å²) >= 11 is 0. The minimum atomic E-state index is 0.0377. The van der Waals surface area contributed by atoms with Gasteiger partial charge in [-0.1, -0.05) is 48.5 Å². The number of fused-ring (bicyclic) bond motifs is 1. The zero-order chi connectivity index (χ0) is 16.5. The fourth-order valence-electron chi connectivity index (χ4n) is 2.90. The Morgan fingerprint density at radius 1 is 0.833 bits per heavy atom. The standard InChI is InChI=1S/C21H16O3/c1-14-5-2-3-8-18(14)21(22)17-7-4-6-15(11-17)16-9-10-19-20(12-16)24-13-23-19/h2-12H,13H2,1H3. The van der Waals surface area contributed by atoms with Gasteiger partial charge in [0.25, 0.3) is 0 Å². The molecule has 1 heterocycles. The summed E-state index contributed by atoms with van der Waals surface area (Å²) in [5.41, 5.74) is 4.38. The molecule has 0 radical (unpaired) electrons. The Bertz CT molecular complexity index is 928. The Morgan fingerprint density at radius 3 is 2.50 bits per heavy atom. The van der Waals surface area contributed by atoms with Crippen LogP contribution in [0.2, 0.25) is 0 Å². The van der Waals surface area contributed by atoms with Crippen molar-refractivity contribution in [2.45, 2.75) is 6.92 Å². The highest BCUT2D eigenvalue weighted by molar-refractivity contribution is 6.10. The van der Waals surface area contributed by atoms with E-state index >= 15 is 0 Å². The van der Waals surface area contributed by atoms with Crippen LogP contribution in [0.1, 0.15) is 21.5 Å². The van der Waals surface area contributed by atoms with Crippen LogP contribution in [0.5, 0.6) is 11.5 Å². The average molecular weight is 316 g/mol. The highest BCUT2D eigenvalue weighted by atomic mass is 16.7. The highest BCUT2D eigenvalue weighted by Crippen LogP contribution is 2.36. The molecule has 0 unspecified atom stereocenters. The molecular weight excluding hydrogens is 300 g/mol. The third-order valence-electron chi connectivity index (χ3n) is 4.22. The molecule has 24 heavy (non-hydrogen) atoms. The molecule has 0 aromatic heterocycles. The SMILES string of the molecule is Cc1ccccc1C(=O)c1cccc(-c2ccc3c(c2)OCO3)c1. The Kier molecular flexibility index (Phi) is 3.54. The van der Waals surface area contributed by atoms with E-state index in [0.29, 0.717) is 5.56 Å². The summed E-state index contributed by atoms with van der Waals surface area (Å²) < 4.78 is 10.8. The van der Waals surface area contributed by atoms with Crippen LogP contribution < -0.4 is 9.47 Å². The molecule has 4 rings (SSSR count). The zero-order valence-corrected chi connectivity index (χ0v) is 13.3. The van der Waals surface area contributed by atoms with Gasteiger partial charge in [-0.05, 0) is 41.8 Å². The average Bonchev–Trinajstić information content (AvgIpc) is 3.09. The lowest BCUT2D eigenvalue weighted by Crippen LogP contribution is -2.03. The molecule has 3 nitrogen and oxygen atoms in total. The first-order chi connectivity index (χ1) is 11.7. The van der Waals surface area contributed by atoms with E-state index < -0.39 is 0 Å². The maximum Gasteiger partial charge on any atom is 0.231 e. The molecule has 0 saturated heterocycles. The molecular formula is C21H16O3. The molecule has 0 bridgehead atoms. The fourth-order valence-corrected chi connectivity index (χ4v) is 2.90. The van der Waals surface area contributed by atoms with Crippen molar-refractivity contribution >= 4 is 5.78 Å². The van der Waals surface area contributed by atoms with Crippen molar-refractivity contribution in [2.75, 3.05) is 6.79 Å². The van der Waals surface area contributed by atoms with Gasteiger partial charge >= 0.3 is 0 Å². The van der Waals surface area contributed by atoms with E-state index in [2.05, 4.69) is 0 Å². The monoisotopic (exact) mass is 316 g/mol. The molecule has 0 N–H and O–H groups in total. The van der Waals surface area contributed by atoms with Crippen molar-refractivity contribution in [3.05, 3.63) is 83.4 Å². The molecule has 0 fully saturated rings. The summed E-state index contributed by atoms with van der Waals surface area (Å²) in [6, 6.07) is 21.1. The summed E-state index contributed by atoms with van der Waals surface area (Å²) in [6.45, 7) is 2.21. The normalized spacial score (nSPS) is 12.2. The summed E-state index contributed by atoms with van der Waals surface area (Å²) in [4.78, 5) is 12.8. The molecule has 3 aromatic rings. The zero-order valence-electron chi connectivity index (χ0n) is 13.3. The predicted octanol–water partition coefficient (Wildman–Crippen LogP) is 4.62. The number of rotatable bonds is 3. The van der Waals surface area contributed by atoms with Gasteiger partial charge in [-0.2, -0.15) is 0 Å². The molecule has 0 aliphatic carbocycles. The van der Waals surface area contributed by atoms with Crippen molar-refractivity contribution in [2.24, 2.45) is 0 Å². The number of hydrogen-bond acceptors (Lipinski definition) is 3. The van der Waals surface area contributed by atoms with Gasteiger partial charge in [0.1, 0.15) is 0 Å². The second kappa shape index (κ2) is 5.85. The molecule has 0 amide bonds. The predicted molar refractivity (Wildman–Crippen MR) is 92.6 cm³/mol. The second-order valence-electron chi connectivity index (χ2n) is 5.79. The van der Waals surface area contributed by atoms with Crippen LogP contribution in [-0.4, -0.2) is 12.6 Å². The van der Waals surface area contributed by atoms with Gasteiger partial charge in [-0.25, -0.2) is 0 Å². The number of carbonyl (C=O) groups is 1. The number of benzene rings is 3. The lowest BCUT2D eigenvalue weighted by Gasteiger charge is -2.08. The van der Waals surface area contributed by atoms with Crippen LogP contribution in [-0.2, 0) is 0 Å². The molecule has 1 aliphatic heterocycles. The van der Waals surface area contributed by atoms with Gasteiger partial charge in [-0.3, -0.25) is 4.79 Å². The van der Waals surface area contributed by atoms with E-state index in [-0.39, 0.29) is 12.6 Å². The van der Waals surface area contributed by atoms with Crippen molar-refractivity contribution in [1.29, 1.82) is 0 Å². The quantitative estimate of drug-likeness (QED) is 0.661. The van der Waals surface area contributed by atoms with Crippen LogP contribution in [0.3, 0.4) is 0 Å². The van der Waals surface area contributed by atoms with Crippen molar-refractivity contribution in [3.63, 3.8) is 0 Å². The van der Waals surface area contributed by atoms with Crippen LogP contribution in [0.25, 0.3) is 11.1 Å². The molecule has 118 valence electrons. The number of carbonyl (C=O) groups excluding carboxylic acids is 1. The number of ketones is 1. The molecule has 0 saturated carbocycles. The molecule has 3 aromatic carbocycles. The first kappa shape index (κ1) is 14.5. The Balaban J connectivity index is 1.72. The minimum Gasteiger partial charge on any atom is -0.454 e. The Hall–Kier alpha value is -3.07. The van der Waals surface area contributed by atoms with Gasteiger partial charge in [-0.15, -0.1) is 0 Å². The van der Waals surface area contributed by atoms with Crippen molar-refractivity contribution in [3.8, 4) is 22.6 Å². The third-order valence-corrected chi connectivity index (χ3v) is 4.22.